The van der Waals surface area contributed by atoms with Gasteiger partial charge in [0.15, 0.2) is 5.69 Å². The summed E-state index contributed by atoms with van der Waals surface area (Å²) in [5.74, 6) is -5.64. The fourth-order valence-corrected chi connectivity index (χ4v) is 5.47. The SMILES string of the molecule is Cc1ccc(C(F)(F)CNC(=O)c2nc(C)ncc2S(=O)(=O)c2cccc(C3CC3)c2F)c(Cl)c1. The standard InChI is InChI=1S/C24H21ClF3N3O3S/c1-13-6-9-17(18(25)10-13)24(27,28)12-30-23(32)22-20(11-29-14(2)31-22)35(33,34)19-5-3-4-16(21(19)26)15-7-8-15/h3-6,9-11,15H,7-8,12H2,1-2H3,(H,30,32). The van der Waals surface area contributed by atoms with Crippen LogP contribution in [0.3, 0.4) is 0 Å². The lowest BCUT2D eigenvalue weighted by Crippen LogP contribution is -2.36. The molecule has 184 valence electrons. The Balaban J connectivity index is 1.66. The highest BCUT2D eigenvalue weighted by Crippen LogP contribution is 2.43. The lowest BCUT2D eigenvalue weighted by atomic mass is 10.1. The van der Waals surface area contributed by atoms with Crippen LogP contribution in [0.2, 0.25) is 5.02 Å². The third-order valence-corrected chi connectivity index (χ3v) is 7.75. The van der Waals surface area contributed by atoms with Crippen LogP contribution >= 0.6 is 11.6 Å². The third kappa shape index (κ3) is 5.04. The predicted molar refractivity (Wildman–Crippen MR) is 123 cm³/mol. The lowest BCUT2D eigenvalue weighted by Gasteiger charge is -2.19. The van der Waals surface area contributed by atoms with Gasteiger partial charge in [0.25, 0.3) is 11.8 Å². The Labute approximate surface area is 205 Å². The predicted octanol–water partition coefficient (Wildman–Crippen LogP) is 5.12. The summed E-state index contributed by atoms with van der Waals surface area (Å²) in [4.78, 5) is 19.3. The number of nitrogens with zero attached hydrogens (tertiary/aromatic N) is 2. The van der Waals surface area contributed by atoms with Crippen LogP contribution in [0.15, 0.2) is 52.4 Å². The molecule has 3 aromatic rings. The molecule has 11 heteroatoms. The summed E-state index contributed by atoms with van der Waals surface area (Å²) in [5.41, 5.74) is -0.183. The number of sulfone groups is 1. The molecule has 0 atom stereocenters. The molecular weight excluding hydrogens is 503 g/mol. The van der Waals surface area contributed by atoms with E-state index in [4.69, 9.17) is 11.6 Å². The van der Waals surface area contributed by atoms with Gasteiger partial charge in [0.1, 0.15) is 21.4 Å². The molecule has 0 spiro atoms. The van der Waals surface area contributed by atoms with E-state index in [9.17, 15) is 22.0 Å². The maximum atomic E-state index is 15.1. The number of benzene rings is 2. The van der Waals surface area contributed by atoms with Crippen molar-refractivity contribution in [1.29, 1.82) is 0 Å². The van der Waals surface area contributed by atoms with Crippen LogP contribution in [-0.4, -0.2) is 30.8 Å². The Morgan fingerprint density at radius 3 is 2.54 bits per heavy atom. The van der Waals surface area contributed by atoms with E-state index in [0.29, 0.717) is 5.56 Å². The summed E-state index contributed by atoms with van der Waals surface area (Å²) in [6, 6.07) is 8.01. The fourth-order valence-electron chi connectivity index (χ4n) is 3.67. The maximum absolute atomic E-state index is 15.1. The maximum Gasteiger partial charge on any atom is 0.291 e. The second-order valence-electron chi connectivity index (χ2n) is 8.44. The smallest absolute Gasteiger partial charge is 0.291 e. The van der Waals surface area contributed by atoms with E-state index in [1.165, 1.54) is 31.2 Å². The zero-order valence-electron chi connectivity index (χ0n) is 18.8. The molecule has 1 saturated carbocycles. The first-order chi connectivity index (χ1) is 16.4. The first-order valence-electron chi connectivity index (χ1n) is 10.7. The van der Waals surface area contributed by atoms with Gasteiger partial charge in [0.2, 0.25) is 9.84 Å². The number of halogens is 4. The number of hydrogen-bond acceptors (Lipinski definition) is 5. The number of amides is 1. The minimum Gasteiger partial charge on any atom is -0.344 e. The molecule has 1 aromatic heterocycles. The van der Waals surface area contributed by atoms with E-state index in [-0.39, 0.29) is 22.3 Å². The number of rotatable bonds is 7. The van der Waals surface area contributed by atoms with Crippen molar-refractivity contribution in [2.45, 2.75) is 48.3 Å². The Kier molecular flexibility index (Phi) is 6.63. The number of alkyl halides is 2. The Bertz CT molecular complexity index is 1430. The first-order valence-corrected chi connectivity index (χ1v) is 12.6. The van der Waals surface area contributed by atoms with E-state index in [1.807, 2.05) is 5.32 Å². The van der Waals surface area contributed by atoms with Gasteiger partial charge < -0.3 is 5.32 Å². The highest BCUT2D eigenvalue weighted by molar-refractivity contribution is 7.91. The molecule has 2 aromatic carbocycles. The van der Waals surface area contributed by atoms with Crippen molar-refractivity contribution in [3.8, 4) is 0 Å². The molecule has 0 unspecified atom stereocenters. The van der Waals surface area contributed by atoms with Gasteiger partial charge >= 0.3 is 0 Å². The monoisotopic (exact) mass is 523 g/mol. The summed E-state index contributed by atoms with van der Waals surface area (Å²) in [6.07, 6.45) is 2.38. The quantitative estimate of drug-likeness (QED) is 0.464. The highest BCUT2D eigenvalue weighted by atomic mass is 35.5. The molecule has 1 aliphatic rings. The zero-order valence-corrected chi connectivity index (χ0v) is 20.4. The third-order valence-electron chi connectivity index (χ3n) is 5.67. The second-order valence-corrected chi connectivity index (χ2v) is 10.7. The van der Waals surface area contributed by atoms with Crippen molar-refractivity contribution >= 4 is 27.3 Å². The summed E-state index contributed by atoms with van der Waals surface area (Å²) in [5, 5.41) is 1.86. The van der Waals surface area contributed by atoms with E-state index in [1.54, 1.807) is 6.92 Å². The minimum absolute atomic E-state index is 0.0367. The molecule has 1 N–H and O–H groups in total. The van der Waals surface area contributed by atoms with Crippen LogP contribution in [0, 0.1) is 19.7 Å². The van der Waals surface area contributed by atoms with Gasteiger partial charge in [0.05, 0.1) is 17.8 Å². The van der Waals surface area contributed by atoms with Gasteiger partial charge in [-0.2, -0.15) is 8.78 Å². The van der Waals surface area contributed by atoms with Crippen LogP contribution < -0.4 is 5.32 Å². The first kappa shape index (κ1) is 25.1. The highest BCUT2D eigenvalue weighted by Gasteiger charge is 2.37. The Hall–Kier alpha value is -2.98. The van der Waals surface area contributed by atoms with Gasteiger partial charge in [-0.1, -0.05) is 35.9 Å². The number of aromatic nitrogens is 2. The number of carbonyl (C=O) groups excluding carboxylic acids is 1. The van der Waals surface area contributed by atoms with Gasteiger partial charge in [-0.15, -0.1) is 0 Å². The molecule has 4 rings (SSSR count). The molecule has 0 bridgehead atoms. The number of carbonyl (C=O) groups is 1. The van der Waals surface area contributed by atoms with Crippen LogP contribution in [0.4, 0.5) is 13.2 Å². The van der Waals surface area contributed by atoms with Crippen LogP contribution in [0.25, 0.3) is 0 Å². The van der Waals surface area contributed by atoms with Crippen molar-refractivity contribution in [3.05, 3.63) is 81.6 Å². The van der Waals surface area contributed by atoms with E-state index >= 15 is 4.39 Å². The number of aryl methyl sites for hydroxylation is 2. The largest absolute Gasteiger partial charge is 0.344 e. The number of nitrogens with one attached hydrogen (secondary N) is 1. The van der Waals surface area contributed by atoms with Gasteiger partial charge in [-0.05, 0) is 55.9 Å². The van der Waals surface area contributed by atoms with Gasteiger partial charge in [0, 0.05) is 5.56 Å². The molecular formula is C24H21ClF3N3O3S. The summed E-state index contributed by atoms with van der Waals surface area (Å²) in [6.45, 7) is 1.93. The molecule has 0 saturated heterocycles. The average molecular weight is 524 g/mol. The molecule has 0 radical (unpaired) electrons. The Morgan fingerprint density at radius 1 is 1.17 bits per heavy atom. The summed E-state index contributed by atoms with van der Waals surface area (Å²) >= 11 is 5.95. The molecule has 1 aliphatic carbocycles. The van der Waals surface area contributed by atoms with Gasteiger partial charge in [-0.3, -0.25) is 4.79 Å². The van der Waals surface area contributed by atoms with E-state index in [0.717, 1.165) is 31.2 Å². The normalized spacial score (nSPS) is 14.1. The minimum atomic E-state index is -4.58. The van der Waals surface area contributed by atoms with Crippen molar-refractivity contribution in [2.24, 2.45) is 0 Å². The molecule has 0 aliphatic heterocycles. The van der Waals surface area contributed by atoms with E-state index in [2.05, 4.69) is 9.97 Å². The molecule has 6 nitrogen and oxygen atoms in total. The summed E-state index contributed by atoms with van der Waals surface area (Å²) < 4.78 is 71.3. The molecule has 1 amide bonds. The van der Waals surface area contributed by atoms with Crippen molar-refractivity contribution in [1.82, 2.24) is 15.3 Å². The van der Waals surface area contributed by atoms with Crippen molar-refractivity contribution < 1.29 is 26.4 Å². The molecule has 1 fully saturated rings. The summed E-state index contributed by atoms with van der Waals surface area (Å²) in [7, 11) is -4.58. The zero-order chi connectivity index (χ0) is 25.5. The average Bonchev–Trinajstić information content (AvgIpc) is 3.62. The Morgan fingerprint density at radius 2 is 1.89 bits per heavy atom. The lowest BCUT2D eigenvalue weighted by molar-refractivity contribution is -0.00245. The molecule has 1 heterocycles. The van der Waals surface area contributed by atoms with Crippen LogP contribution in [0.1, 0.15) is 51.8 Å². The number of hydrogen-bond donors (Lipinski definition) is 1. The van der Waals surface area contributed by atoms with Crippen LogP contribution in [-0.2, 0) is 15.8 Å². The van der Waals surface area contributed by atoms with Gasteiger partial charge in [-0.25, -0.2) is 22.8 Å². The van der Waals surface area contributed by atoms with Crippen LogP contribution in [0.5, 0.6) is 0 Å². The van der Waals surface area contributed by atoms with Crippen molar-refractivity contribution in [2.75, 3.05) is 6.54 Å². The molecule has 35 heavy (non-hydrogen) atoms. The van der Waals surface area contributed by atoms with E-state index < -0.39 is 55.1 Å². The second kappa shape index (κ2) is 9.23. The van der Waals surface area contributed by atoms with Crippen molar-refractivity contribution in [3.63, 3.8) is 0 Å². The topological polar surface area (TPSA) is 89.0 Å². The fraction of sp³-hybridized carbons (Fsp3) is 0.292.